The first-order valence-corrected chi connectivity index (χ1v) is 10.7. The predicted octanol–water partition coefficient (Wildman–Crippen LogP) is 6.67. The number of hydrogen-bond donors (Lipinski definition) is 0. The molecular weight excluding hydrogens is 392 g/mol. The second-order valence-corrected chi connectivity index (χ2v) is 8.01. The Morgan fingerprint density at radius 2 is 0.938 bits per heavy atom. The van der Waals surface area contributed by atoms with Gasteiger partial charge in [0.25, 0.3) is 0 Å². The number of benzene rings is 3. The number of pyridine rings is 2. The summed E-state index contributed by atoms with van der Waals surface area (Å²) in [6, 6.07) is 29.7. The van der Waals surface area contributed by atoms with Crippen LogP contribution in [0.4, 0.5) is 0 Å². The van der Waals surface area contributed by atoms with Crippen LogP contribution in [0.15, 0.2) is 110 Å². The minimum absolute atomic E-state index is 0.913. The van der Waals surface area contributed by atoms with Gasteiger partial charge in [-0.25, -0.2) is 0 Å². The lowest BCUT2D eigenvalue weighted by atomic mass is 10.1. The van der Waals surface area contributed by atoms with Gasteiger partial charge in [-0.05, 0) is 59.3 Å². The number of hydrogen-bond acceptors (Lipinski definition) is 2. The maximum Gasteiger partial charge on any atom is 0.0986 e. The largest absolute Gasteiger partial charge is 0.316 e. The molecular formula is C28H18N4. The summed E-state index contributed by atoms with van der Waals surface area (Å²) in [5.41, 5.74) is 6.40. The fraction of sp³-hybridized carbons (Fsp3) is 0. The summed E-state index contributed by atoms with van der Waals surface area (Å²) in [7, 11) is 0. The zero-order valence-corrected chi connectivity index (χ0v) is 17.2. The second-order valence-electron chi connectivity index (χ2n) is 8.01. The Kier molecular flexibility index (Phi) is 3.52. The zero-order chi connectivity index (χ0) is 21.1. The van der Waals surface area contributed by atoms with Gasteiger partial charge in [-0.1, -0.05) is 36.4 Å². The average Bonchev–Trinajstić information content (AvgIpc) is 3.48. The van der Waals surface area contributed by atoms with Gasteiger partial charge in [0.15, 0.2) is 0 Å². The highest BCUT2D eigenvalue weighted by molar-refractivity contribution is 6.08. The van der Waals surface area contributed by atoms with Crippen molar-refractivity contribution in [1.29, 1.82) is 0 Å². The third-order valence-corrected chi connectivity index (χ3v) is 6.29. The molecule has 7 aromatic rings. The minimum atomic E-state index is 0.913. The van der Waals surface area contributed by atoms with Gasteiger partial charge < -0.3 is 9.13 Å². The molecule has 0 aliphatic rings. The topological polar surface area (TPSA) is 35.6 Å². The van der Waals surface area contributed by atoms with Crippen molar-refractivity contribution in [2.24, 2.45) is 0 Å². The van der Waals surface area contributed by atoms with Gasteiger partial charge >= 0.3 is 0 Å². The van der Waals surface area contributed by atoms with Crippen LogP contribution < -0.4 is 0 Å². The first kappa shape index (κ1) is 17.3. The summed E-state index contributed by atoms with van der Waals surface area (Å²) in [4.78, 5) is 9.52. The molecule has 0 saturated carbocycles. The van der Waals surface area contributed by atoms with Crippen molar-refractivity contribution in [3.8, 4) is 11.4 Å². The van der Waals surface area contributed by atoms with Gasteiger partial charge in [-0.3, -0.25) is 9.97 Å². The number of aromatic nitrogens is 4. The fourth-order valence-electron chi connectivity index (χ4n) is 4.81. The molecule has 0 saturated heterocycles. The van der Waals surface area contributed by atoms with Gasteiger partial charge in [0.1, 0.15) is 0 Å². The summed E-state index contributed by atoms with van der Waals surface area (Å²) in [5.74, 6) is 0. The summed E-state index contributed by atoms with van der Waals surface area (Å²) in [6.45, 7) is 0. The number of para-hydroxylation sites is 2. The number of nitrogens with zero attached hydrogens (tertiary/aromatic N) is 4. The Balaban J connectivity index is 1.52. The molecule has 0 spiro atoms. The smallest absolute Gasteiger partial charge is 0.0986 e. The molecule has 0 aliphatic carbocycles. The maximum atomic E-state index is 4.76. The molecule has 4 heterocycles. The molecule has 0 bridgehead atoms. The van der Waals surface area contributed by atoms with E-state index in [1.165, 1.54) is 21.8 Å². The third-order valence-electron chi connectivity index (χ3n) is 6.29. The van der Waals surface area contributed by atoms with Crippen LogP contribution in [0, 0.1) is 0 Å². The van der Waals surface area contributed by atoms with E-state index < -0.39 is 0 Å². The first-order valence-electron chi connectivity index (χ1n) is 10.7. The Hall–Kier alpha value is -4.44. The zero-order valence-electron chi connectivity index (χ0n) is 17.2. The fourth-order valence-corrected chi connectivity index (χ4v) is 4.81. The highest BCUT2D eigenvalue weighted by Crippen LogP contribution is 2.32. The van der Waals surface area contributed by atoms with Crippen LogP contribution in [0.1, 0.15) is 0 Å². The first-order chi connectivity index (χ1) is 15.9. The van der Waals surface area contributed by atoms with E-state index in [-0.39, 0.29) is 0 Å². The van der Waals surface area contributed by atoms with Gasteiger partial charge in [-0.15, -0.1) is 0 Å². The average molecular weight is 410 g/mol. The van der Waals surface area contributed by atoms with Crippen molar-refractivity contribution in [2.45, 2.75) is 0 Å². The maximum absolute atomic E-state index is 4.76. The second kappa shape index (κ2) is 6.53. The van der Waals surface area contributed by atoms with E-state index in [9.17, 15) is 0 Å². The highest BCUT2D eigenvalue weighted by atomic mass is 15.0. The Morgan fingerprint density at radius 1 is 0.469 bits per heavy atom. The number of fused-ring (bicyclic) bond motifs is 5. The quantitative estimate of drug-likeness (QED) is 0.298. The van der Waals surface area contributed by atoms with E-state index in [0.29, 0.717) is 0 Å². The summed E-state index contributed by atoms with van der Waals surface area (Å²) in [6.07, 6.45) is 8.01. The van der Waals surface area contributed by atoms with Crippen LogP contribution in [0.25, 0.3) is 55.0 Å². The minimum Gasteiger partial charge on any atom is -0.316 e. The number of rotatable bonds is 2. The Labute approximate surface area is 184 Å². The van der Waals surface area contributed by atoms with Crippen molar-refractivity contribution < 1.29 is 0 Å². The van der Waals surface area contributed by atoms with Crippen LogP contribution in [0.3, 0.4) is 0 Å². The lowest BCUT2D eigenvalue weighted by Crippen LogP contribution is -1.98. The molecule has 3 aromatic carbocycles. The molecule has 0 aliphatic heterocycles. The summed E-state index contributed by atoms with van der Waals surface area (Å²) >= 11 is 0. The molecule has 4 nitrogen and oxygen atoms in total. The van der Waals surface area contributed by atoms with E-state index in [1.54, 1.807) is 0 Å². The van der Waals surface area contributed by atoms with Crippen molar-refractivity contribution in [2.75, 3.05) is 0 Å². The van der Waals surface area contributed by atoms with Gasteiger partial charge in [-0.2, -0.15) is 0 Å². The standard InChI is InChI=1S/C28H18N4/c1-3-7-23-19(5-1)13-17-31(23)25-11-15-29-27-21(25)9-10-22-26(12-16-30-28(22)27)32-18-14-20-6-2-4-8-24(20)32/h1-18H. The van der Waals surface area contributed by atoms with Crippen molar-refractivity contribution in [3.05, 3.63) is 110 Å². The van der Waals surface area contributed by atoms with E-state index in [4.69, 9.17) is 9.97 Å². The SMILES string of the molecule is c1ccc2c(c1)ccn2-c1ccnc2c1ccc1c(-n3ccc4ccccc43)ccnc12. The summed E-state index contributed by atoms with van der Waals surface area (Å²) in [5, 5.41) is 4.61. The molecule has 0 unspecified atom stereocenters. The molecule has 0 radical (unpaired) electrons. The highest BCUT2D eigenvalue weighted by Gasteiger charge is 2.13. The summed E-state index contributed by atoms with van der Waals surface area (Å²) < 4.78 is 4.46. The molecule has 7 rings (SSSR count). The molecule has 4 heteroatoms. The van der Waals surface area contributed by atoms with Gasteiger partial charge in [0.05, 0.1) is 33.4 Å². The Bertz CT molecular complexity index is 1660. The van der Waals surface area contributed by atoms with Crippen LogP contribution in [-0.4, -0.2) is 19.1 Å². The van der Waals surface area contributed by atoms with Crippen molar-refractivity contribution >= 4 is 43.6 Å². The molecule has 0 N–H and O–H groups in total. The van der Waals surface area contributed by atoms with E-state index in [2.05, 4.69) is 106 Å². The molecule has 150 valence electrons. The van der Waals surface area contributed by atoms with E-state index >= 15 is 0 Å². The van der Waals surface area contributed by atoms with Crippen LogP contribution in [0.5, 0.6) is 0 Å². The van der Waals surface area contributed by atoms with Gasteiger partial charge in [0, 0.05) is 35.6 Å². The third kappa shape index (κ3) is 2.38. The monoisotopic (exact) mass is 410 g/mol. The predicted molar refractivity (Wildman–Crippen MR) is 131 cm³/mol. The Morgan fingerprint density at radius 3 is 1.44 bits per heavy atom. The van der Waals surface area contributed by atoms with Crippen molar-refractivity contribution in [3.63, 3.8) is 0 Å². The lowest BCUT2D eigenvalue weighted by molar-refractivity contribution is 1.13. The molecule has 32 heavy (non-hydrogen) atoms. The van der Waals surface area contributed by atoms with E-state index in [0.717, 1.165) is 33.2 Å². The molecule has 0 amide bonds. The van der Waals surface area contributed by atoms with Crippen LogP contribution in [-0.2, 0) is 0 Å². The van der Waals surface area contributed by atoms with Crippen LogP contribution in [0.2, 0.25) is 0 Å². The lowest BCUT2D eigenvalue weighted by Gasteiger charge is -2.13. The van der Waals surface area contributed by atoms with Crippen LogP contribution >= 0.6 is 0 Å². The van der Waals surface area contributed by atoms with E-state index in [1.807, 2.05) is 12.4 Å². The van der Waals surface area contributed by atoms with Gasteiger partial charge in [0.2, 0.25) is 0 Å². The van der Waals surface area contributed by atoms with Crippen molar-refractivity contribution in [1.82, 2.24) is 19.1 Å². The molecule has 0 atom stereocenters. The molecule has 4 aromatic heterocycles. The molecule has 0 fully saturated rings. The normalized spacial score (nSPS) is 11.8.